The van der Waals surface area contributed by atoms with Crippen LogP contribution in [0.2, 0.25) is 5.02 Å². The summed E-state index contributed by atoms with van der Waals surface area (Å²) in [5, 5.41) is 10.2. The quantitative estimate of drug-likeness (QED) is 0.400. The zero-order chi connectivity index (χ0) is 24.2. The third-order valence-corrected chi connectivity index (χ3v) is 8.56. The summed E-state index contributed by atoms with van der Waals surface area (Å²) in [6.07, 6.45) is 9.12. The van der Waals surface area contributed by atoms with E-state index in [0.717, 1.165) is 48.4 Å². The summed E-state index contributed by atoms with van der Waals surface area (Å²) < 4.78 is 0. The Morgan fingerprint density at radius 3 is 2.68 bits per heavy atom. The summed E-state index contributed by atoms with van der Waals surface area (Å²) in [4.78, 5) is 32.1. The van der Waals surface area contributed by atoms with Crippen LogP contribution in [-0.2, 0) is 4.79 Å². The van der Waals surface area contributed by atoms with E-state index < -0.39 is 6.04 Å². The topological polar surface area (TPSA) is 83.1 Å². The van der Waals surface area contributed by atoms with E-state index in [9.17, 15) is 9.59 Å². The number of carbonyl (C=O) groups excluding carboxylic acids is 2. The number of nitrogens with zero attached hydrogens (tertiary/aromatic N) is 1. The van der Waals surface area contributed by atoms with Gasteiger partial charge in [0.1, 0.15) is 6.04 Å². The van der Waals surface area contributed by atoms with Crippen LogP contribution < -0.4 is 16.0 Å². The highest BCUT2D eigenvalue weighted by molar-refractivity contribution is 7.14. The molecule has 0 radical (unpaired) electrons. The Hall–Kier alpha value is -2.12. The molecule has 0 spiro atoms. The van der Waals surface area contributed by atoms with Gasteiger partial charge in [-0.1, -0.05) is 44.2 Å². The van der Waals surface area contributed by atoms with Crippen molar-refractivity contribution in [3.8, 4) is 0 Å². The van der Waals surface area contributed by atoms with Gasteiger partial charge in [-0.2, -0.15) is 0 Å². The molecule has 2 saturated carbocycles. The lowest BCUT2D eigenvalue weighted by atomic mass is 9.81. The maximum Gasteiger partial charge on any atom is 0.262 e. The molecule has 0 unspecified atom stereocenters. The second-order valence-electron chi connectivity index (χ2n) is 10.0. The van der Waals surface area contributed by atoms with Gasteiger partial charge in [-0.15, -0.1) is 11.3 Å². The van der Waals surface area contributed by atoms with Crippen LogP contribution in [0.25, 0.3) is 0 Å². The first-order chi connectivity index (χ1) is 16.3. The summed E-state index contributed by atoms with van der Waals surface area (Å²) in [5.41, 5.74) is 1.74. The molecular weight excluding hydrogens is 468 g/mol. The predicted octanol–water partition coefficient (Wildman–Crippen LogP) is 5.87. The van der Waals surface area contributed by atoms with Crippen LogP contribution in [-0.4, -0.2) is 28.9 Å². The van der Waals surface area contributed by atoms with Crippen LogP contribution in [0.3, 0.4) is 0 Å². The van der Waals surface area contributed by atoms with E-state index in [0.29, 0.717) is 21.7 Å². The lowest BCUT2D eigenvalue weighted by Gasteiger charge is -2.34. The van der Waals surface area contributed by atoms with Crippen LogP contribution in [0, 0.1) is 18.8 Å². The van der Waals surface area contributed by atoms with E-state index in [4.69, 9.17) is 11.6 Å². The molecule has 2 aromatic heterocycles. The summed E-state index contributed by atoms with van der Waals surface area (Å²) in [5.74, 6) is 0.964. The standard InChI is InChI=1S/C26H35ClN4O2S/c1-15-10-20(11-15)30-25(32)22(12-18-6-4-5-7-18)31-26(33)24-9-8-23(34-24)17(3)29-21-13-19(27)14-28-16(21)2/h8-9,13-15,17-18,20,22,29H,4-7,10-12H2,1-3H3,(H,30,32)(H,31,33)/t15-,17-,20-,22-/m0/s1. The summed E-state index contributed by atoms with van der Waals surface area (Å²) >= 11 is 7.54. The fraction of sp³-hybridized carbons (Fsp3) is 0.577. The highest BCUT2D eigenvalue weighted by Crippen LogP contribution is 2.31. The van der Waals surface area contributed by atoms with Gasteiger partial charge in [0.2, 0.25) is 5.91 Å². The van der Waals surface area contributed by atoms with Gasteiger partial charge < -0.3 is 16.0 Å². The van der Waals surface area contributed by atoms with Crippen molar-refractivity contribution in [2.24, 2.45) is 11.8 Å². The third-order valence-electron chi connectivity index (χ3n) is 7.09. The molecule has 2 aliphatic carbocycles. The Kier molecular flexibility index (Phi) is 8.14. The zero-order valence-corrected chi connectivity index (χ0v) is 21.8. The first-order valence-corrected chi connectivity index (χ1v) is 13.6. The average Bonchev–Trinajstić information content (AvgIpc) is 3.47. The Morgan fingerprint density at radius 2 is 1.97 bits per heavy atom. The lowest BCUT2D eigenvalue weighted by molar-refractivity contribution is -0.124. The molecule has 2 atom stereocenters. The van der Waals surface area contributed by atoms with E-state index >= 15 is 0 Å². The van der Waals surface area contributed by atoms with Crippen molar-refractivity contribution in [1.29, 1.82) is 0 Å². The number of anilines is 1. The average molecular weight is 503 g/mol. The molecule has 2 aromatic rings. The van der Waals surface area contributed by atoms with Gasteiger partial charge in [0.15, 0.2) is 0 Å². The number of aryl methyl sites for hydroxylation is 1. The van der Waals surface area contributed by atoms with Crippen molar-refractivity contribution in [3.63, 3.8) is 0 Å². The first-order valence-electron chi connectivity index (χ1n) is 12.4. The molecule has 2 heterocycles. The fourth-order valence-electron chi connectivity index (χ4n) is 5.03. The molecular formula is C26H35ClN4O2S. The van der Waals surface area contributed by atoms with Gasteiger partial charge in [-0.25, -0.2) is 0 Å². The monoisotopic (exact) mass is 502 g/mol. The maximum atomic E-state index is 13.1. The second kappa shape index (κ2) is 11.1. The Bertz CT molecular complexity index is 1010. The van der Waals surface area contributed by atoms with Crippen molar-refractivity contribution in [2.75, 3.05) is 5.32 Å². The number of nitrogens with one attached hydrogen (secondary N) is 3. The molecule has 8 heteroatoms. The molecule has 0 bridgehead atoms. The molecule has 2 amide bonds. The molecule has 0 aromatic carbocycles. The minimum absolute atomic E-state index is 0.0105. The van der Waals surface area contributed by atoms with Gasteiger partial charge in [0.05, 0.1) is 27.3 Å². The number of carbonyl (C=O) groups is 2. The van der Waals surface area contributed by atoms with E-state index in [1.165, 1.54) is 24.2 Å². The lowest BCUT2D eigenvalue weighted by Crippen LogP contribution is -2.53. The van der Waals surface area contributed by atoms with Gasteiger partial charge in [0, 0.05) is 17.1 Å². The molecule has 34 heavy (non-hydrogen) atoms. The van der Waals surface area contributed by atoms with E-state index in [1.807, 2.05) is 32.0 Å². The Balaban J connectivity index is 1.39. The van der Waals surface area contributed by atoms with Crippen molar-refractivity contribution < 1.29 is 9.59 Å². The van der Waals surface area contributed by atoms with Gasteiger partial charge in [-0.3, -0.25) is 14.6 Å². The molecule has 2 fully saturated rings. The molecule has 6 nitrogen and oxygen atoms in total. The third kappa shape index (κ3) is 6.30. The highest BCUT2D eigenvalue weighted by Gasteiger charge is 2.32. The van der Waals surface area contributed by atoms with Crippen molar-refractivity contribution >= 4 is 40.4 Å². The Morgan fingerprint density at radius 1 is 1.24 bits per heavy atom. The normalized spacial score (nSPS) is 22.0. The van der Waals surface area contributed by atoms with Crippen molar-refractivity contribution in [3.05, 3.63) is 44.9 Å². The number of thiophene rings is 1. The minimum atomic E-state index is -0.479. The largest absolute Gasteiger partial charge is 0.376 e. The zero-order valence-electron chi connectivity index (χ0n) is 20.2. The van der Waals surface area contributed by atoms with Crippen molar-refractivity contribution in [1.82, 2.24) is 15.6 Å². The summed E-state index contributed by atoms with van der Waals surface area (Å²) in [6, 6.07) is 5.42. The van der Waals surface area contributed by atoms with Crippen molar-refractivity contribution in [2.45, 2.75) is 83.8 Å². The maximum absolute atomic E-state index is 13.1. The van der Waals surface area contributed by atoms with Gasteiger partial charge in [-0.05, 0) is 63.1 Å². The molecule has 0 aliphatic heterocycles. The van der Waals surface area contributed by atoms with Crippen LogP contribution >= 0.6 is 22.9 Å². The van der Waals surface area contributed by atoms with E-state index in [1.54, 1.807) is 6.20 Å². The number of halogens is 1. The minimum Gasteiger partial charge on any atom is -0.376 e. The second-order valence-corrected chi connectivity index (χ2v) is 11.6. The van der Waals surface area contributed by atoms with Crippen LogP contribution in [0.5, 0.6) is 0 Å². The summed E-state index contributed by atoms with van der Waals surface area (Å²) in [6.45, 7) is 6.18. The highest BCUT2D eigenvalue weighted by atomic mass is 35.5. The van der Waals surface area contributed by atoms with Gasteiger partial charge in [0.25, 0.3) is 5.91 Å². The van der Waals surface area contributed by atoms with Gasteiger partial charge >= 0.3 is 0 Å². The number of hydrogen-bond acceptors (Lipinski definition) is 5. The number of hydrogen-bond donors (Lipinski definition) is 3. The first kappa shape index (κ1) is 25.0. The van der Waals surface area contributed by atoms with Crippen LogP contribution in [0.15, 0.2) is 24.4 Å². The van der Waals surface area contributed by atoms with E-state index in [-0.39, 0.29) is 23.9 Å². The number of amides is 2. The SMILES string of the molecule is Cc1ncc(Cl)cc1N[C@@H](C)c1ccc(C(=O)N[C@@H](CC2CCCC2)C(=O)N[C@H]2C[C@H](C)C2)s1. The Labute approximate surface area is 211 Å². The number of pyridine rings is 1. The van der Waals surface area contributed by atoms with Crippen LogP contribution in [0.4, 0.5) is 5.69 Å². The van der Waals surface area contributed by atoms with Crippen LogP contribution in [0.1, 0.15) is 85.1 Å². The molecule has 2 aliphatic rings. The number of rotatable bonds is 9. The van der Waals surface area contributed by atoms with E-state index in [2.05, 4.69) is 27.9 Å². The predicted molar refractivity (Wildman–Crippen MR) is 138 cm³/mol. The molecule has 4 rings (SSSR count). The smallest absolute Gasteiger partial charge is 0.262 e. The molecule has 184 valence electrons. The molecule has 0 saturated heterocycles. The molecule has 3 N–H and O–H groups in total. The summed E-state index contributed by atoms with van der Waals surface area (Å²) in [7, 11) is 0. The fourth-order valence-corrected chi connectivity index (χ4v) is 6.10. The number of aromatic nitrogens is 1.